The Labute approximate surface area is 250 Å². The minimum Gasteiger partial charge on any atom is -1.00 e. The monoisotopic (exact) mass is 585 g/mol. The number of aryl methyl sites for hydroxylation is 4. The third-order valence-electron chi connectivity index (χ3n) is 8.69. The summed E-state index contributed by atoms with van der Waals surface area (Å²) >= 11 is 0. The van der Waals surface area contributed by atoms with Gasteiger partial charge < -0.3 is 24.9 Å². The van der Waals surface area contributed by atoms with E-state index in [1.165, 1.54) is 16.7 Å². The Morgan fingerprint density at radius 3 is 1.44 bits per heavy atom. The number of allylic oxidation sites excluding steroid dienone is 4. The average molecular weight is 586 g/mol. The highest BCUT2D eigenvalue weighted by atomic mass is 19.0. The van der Waals surface area contributed by atoms with Gasteiger partial charge >= 0.3 is 11.9 Å². The highest BCUT2D eigenvalue weighted by Crippen LogP contribution is 2.38. The van der Waals surface area contributed by atoms with Gasteiger partial charge in [0.05, 0.1) is 22.8 Å². The number of rotatable bonds is 8. The van der Waals surface area contributed by atoms with E-state index < -0.39 is 11.9 Å². The van der Waals surface area contributed by atoms with E-state index >= 15 is 0 Å². The van der Waals surface area contributed by atoms with E-state index in [4.69, 9.17) is 9.97 Å². The van der Waals surface area contributed by atoms with E-state index in [1.807, 2.05) is 26.0 Å². The second-order valence-electron chi connectivity index (χ2n) is 11.2. The second-order valence-corrected chi connectivity index (χ2v) is 11.2. The zero-order chi connectivity index (χ0) is 30.3. The van der Waals surface area contributed by atoms with Crippen molar-refractivity contribution in [3.8, 4) is 0 Å². The third kappa shape index (κ3) is 5.89. The number of hydrogen-bond acceptors (Lipinski definition) is 4. The molecule has 43 heavy (non-hydrogen) atoms. The predicted octanol–water partition coefficient (Wildman–Crippen LogP) is 4.65. The quantitative estimate of drug-likeness (QED) is 0.304. The van der Waals surface area contributed by atoms with Crippen LogP contribution < -0.4 is 4.70 Å². The fraction of sp³-hybridized carbons (Fsp3) is 0.353. The van der Waals surface area contributed by atoms with Gasteiger partial charge in [-0.05, 0) is 122 Å². The van der Waals surface area contributed by atoms with Crippen LogP contribution in [0, 0.1) is 13.8 Å². The van der Waals surface area contributed by atoms with Crippen molar-refractivity contribution in [3.63, 3.8) is 0 Å². The molecule has 0 saturated carbocycles. The minimum atomic E-state index is -0.869. The van der Waals surface area contributed by atoms with Crippen LogP contribution in [0.4, 0.5) is 0 Å². The summed E-state index contributed by atoms with van der Waals surface area (Å²) in [6.45, 7) is 12.5. The van der Waals surface area contributed by atoms with Crippen molar-refractivity contribution in [3.05, 3.63) is 69.3 Å². The molecule has 0 amide bonds. The summed E-state index contributed by atoms with van der Waals surface area (Å²) in [5.74, 6) is -1.74. The normalized spacial score (nSPS) is 13.0. The molecule has 0 unspecified atom stereocenters. The first kappa shape index (κ1) is 31.4. The van der Waals surface area contributed by atoms with Crippen molar-refractivity contribution in [2.75, 3.05) is 0 Å². The van der Waals surface area contributed by atoms with Crippen molar-refractivity contribution >= 4 is 56.3 Å². The lowest BCUT2D eigenvalue weighted by atomic mass is 9.98. The highest BCUT2D eigenvalue weighted by molar-refractivity contribution is 5.96. The van der Waals surface area contributed by atoms with E-state index in [1.54, 1.807) is 0 Å². The summed E-state index contributed by atoms with van der Waals surface area (Å²) in [6, 6.07) is 8.19. The number of halogens is 1. The fourth-order valence-electron chi connectivity index (χ4n) is 6.22. The summed E-state index contributed by atoms with van der Waals surface area (Å²) in [5, 5.41) is 18.9. The lowest BCUT2D eigenvalue weighted by Crippen LogP contribution is -3.00. The maximum Gasteiger partial charge on any atom is 0.303 e. The zero-order valence-corrected chi connectivity index (χ0v) is 25.5. The van der Waals surface area contributed by atoms with Crippen LogP contribution >= 0.6 is 0 Å². The number of carbonyl (C=O) groups is 2. The molecule has 0 saturated heterocycles. The minimum absolute atomic E-state index is 0. The molecule has 5 heterocycles. The summed E-state index contributed by atoms with van der Waals surface area (Å²) in [7, 11) is 0. The molecule has 0 atom stereocenters. The largest absolute Gasteiger partial charge is 1.00 e. The first-order valence-electron chi connectivity index (χ1n) is 14.6. The number of hydrogen-bond donors (Lipinski definition) is 4. The van der Waals surface area contributed by atoms with Crippen LogP contribution in [0.25, 0.3) is 44.4 Å². The Hall–Kier alpha value is -4.53. The molecule has 5 rings (SSSR count). The molecule has 2 aliphatic heterocycles. The van der Waals surface area contributed by atoms with E-state index in [2.05, 4.69) is 49.8 Å². The molecule has 3 aromatic rings. The SMILES string of the molecule is CCc1c(C)c2cc3[nH]c(cc4nc(cc5nc(cc1[nH]2)C(C)=C5CCC(=O)O)C(CCC(=O)O)=C4C)c(C)c3CC.[F-]. The number of aromatic amines is 2. The molecular formula is C34H38FN4O4-. The number of aromatic nitrogens is 4. The number of fused-ring (bicyclic) bond motifs is 8. The number of nitrogens with zero attached hydrogens (tertiary/aromatic N) is 2. The van der Waals surface area contributed by atoms with Gasteiger partial charge in [0.15, 0.2) is 0 Å². The van der Waals surface area contributed by atoms with E-state index in [9.17, 15) is 19.8 Å². The number of aliphatic carboxylic acids is 2. The Morgan fingerprint density at radius 2 is 1.02 bits per heavy atom. The van der Waals surface area contributed by atoms with E-state index in [-0.39, 0.29) is 17.5 Å². The van der Waals surface area contributed by atoms with Crippen molar-refractivity contribution in [1.82, 2.24) is 19.9 Å². The summed E-state index contributed by atoms with van der Waals surface area (Å²) in [4.78, 5) is 40.3. The van der Waals surface area contributed by atoms with Gasteiger partial charge in [-0.25, -0.2) is 9.97 Å². The molecule has 4 N–H and O–H groups in total. The second kappa shape index (κ2) is 12.4. The van der Waals surface area contributed by atoms with Crippen LogP contribution in [0.1, 0.15) is 98.4 Å². The Bertz CT molecular complexity index is 1860. The molecule has 0 fully saturated rings. The van der Waals surface area contributed by atoms with Crippen molar-refractivity contribution in [2.45, 2.75) is 80.1 Å². The van der Waals surface area contributed by atoms with Crippen LogP contribution in [-0.4, -0.2) is 42.1 Å². The molecular weight excluding hydrogens is 547 g/mol. The Morgan fingerprint density at radius 1 is 0.628 bits per heavy atom. The van der Waals surface area contributed by atoms with Crippen LogP contribution in [0.15, 0.2) is 24.3 Å². The summed E-state index contributed by atoms with van der Waals surface area (Å²) in [6.07, 6.45) is 2.37. The van der Waals surface area contributed by atoms with Crippen LogP contribution in [0.2, 0.25) is 0 Å². The highest BCUT2D eigenvalue weighted by Gasteiger charge is 2.22. The van der Waals surface area contributed by atoms with E-state index in [0.717, 1.165) is 74.2 Å². The number of nitrogens with one attached hydrogen (secondary N) is 2. The molecule has 2 aliphatic rings. The molecule has 0 aromatic carbocycles. The predicted molar refractivity (Wildman–Crippen MR) is 168 cm³/mol. The van der Waals surface area contributed by atoms with Crippen molar-refractivity contribution < 1.29 is 24.5 Å². The molecule has 9 heteroatoms. The average Bonchev–Trinajstić information content (AvgIpc) is 3.59. The number of H-pyrrole nitrogens is 2. The first-order chi connectivity index (χ1) is 20.0. The fourth-order valence-corrected chi connectivity index (χ4v) is 6.22. The molecule has 3 aromatic heterocycles. The number of carboxylic acid groups (broad SMARTS) is 2. The molecule has 8 nitrogen and oxygen atoms in total. The molecule has 226 valence electrons. The first-order valence-corrected chi connectivity index (χ1v) is 14.6. The topological polar surface area (TPSA) is 132 Å². The number of carboxylic acids is 2. The third-order valence-corrected chi connectivity index (χ3v) is 8.69. The van der Waals surface area contributed by atoms with Gasteiger partial charge in [0, 0.05) is 34.9 Å². The maximum atomic E-state index is 11.5. The van der Waals surface area contributed by atoms with Gasteiger partial charge in [-0.1, -0.05) is 13.8 Å². The van der Waals surface area contributed by atoms with Crippen molar-refractivity contribution in [1.29, 1.82) is 0 Å². The van der Waals surface area contributed by atoms with Gasteiger partial charge in [0.2, 0.25) is 0 Å². The Balaban J connectivity index is 0.00000423. The van der Waals surface area contributed by atoms with Crippen LogP contribution in [0.5, 0.6) is 0 Å². The molecule has 0 aliphatic carbocycles. The van der Waals surface area contributed by atoms with Crippen molar-refractivity contribution in [2.24, 2.45) is 0 Å². The summed E-state index contributed by atoms with van der Waals surface area (Å²) < 4.78 is 0. The van der Waals surface area contributed by atoms with Gasteiger partial charge in [0.25, 0.3) is 0 Å². The lowest BCUT2D eigenvalue weighted by molar-refractivity contribution is -0.137. The zero-order valence-electron chi connectivity index (χ0n) is 25.5. The smallest absolute Gasteiger partial charge is 0.303 e. The van der Waals surface area contributed by atoms with Gasteiger partial charge in [-0.3, -0.25) is 9.59 Å². The molecule has 0 radical (unpaired) electrons. The molecule has 0 spiro atoms. The molecule has 8 bridgehead atoms. The van der Waals surface area contributed by atoms with E-state index in [0.29, 0.717) is 24.2 Å². The standard InChI is InChI=1S/C34H38N4O4.FH/c1-7-21-17(3)25-13-26-19(5)23(9-11-33(39)40)31(37-26)16-32-24(10-12-34(41)42)20(6)28(38-32)15-30-22(8-2)18(4)27(36-30)14-29(21)35-25;/h13-16,35-36H,7-12H2,1-6H3,(H,39,40)(H,41,42);1H/p-1. The summed E-state index contributed by atoms with van der Waals surface area (Å²) in [5.41, 5.74) is 15.4. The van der Waals surface area contributed by atoms with Gasteiger partial charge in [0.1, 0.15) is 0 Å². The Kier molecular flexibility index (Phi) is 9.04. The maximum absolute atomic E-state index is 11.5. The van der Waals surface area contributed by atoms with Crippen LogP contribution in [-0.2, 0) is 22.4 Å². The van der Waals surface area contributed by atoms with Gasteiger partial charge in [-0.2, -0.15) is 0 Å². The van der Waals surface area contributed by atoms with Crippen LogP contribution in [0.3, 0.4) is 0 Å². The van der Waals surface area contributed by atoms with Gasteiger partial charge in [-0.15, -0.1) is 0 Å². The lowest BCUT2D eigenvalue weighted by Gasteiger charge is -2.05.